The molecule has 0 radical (unpaired) electrons. The van der Waals surface area contributed by atoms with Gasteiger partial charge in [0, 0.05) is 31.3 Å². The van der Waals surface area contributed by atoms with Crippen LogP contribution >= 0.6 is 0 Å². The minimum absolute atomic E-state index is 0.0220. The molecule has 0 saturated carbocycles. The van der Waals surface area contributed by atoms with Gasteiger partial charge in [-0.25, -0.2) is 4.98 Å². The van der Waals surface area contributed by atoms with E-state index in [-0.39, 0.29) is 56.2 Å². The maximum Gasteiger partial charge on any atom is 0.322 e. The summed E-state index contributed by atoms with van der Waals surface area (Å²) in [5.41, 5.74) is 11.2. The predicted molar refractivity (Wildman–Crippen MR) is 255 cm³/mol. The normalized spacial score (nSPS) is 16.9. The number of primary amides is 1. The Kier molecular flexibility index (Phi) is 26.0. The summed E-state index contributed by atoms with van der Waals surface area (Å²) in [4.78, 5) is 164. The first-order valence-electron chi connectivity index (χ1n) is 23.7. The number of carboxylic acids is 2. The number of aromatic amines is 1. The molecule has 1 aliphatic heterocycles. The molecule has 1 fully saturated rings. The summed E-state index contributed by atoms with van der Waals surface area (Å²) in [6.45, 7) is 5.37. The number of hydrogen-bond donors (Lipinski definition) is 16. The van der Waals surface area contributed by atoms with Gasteiger partial charge in [0.25, 0.3) is 0 Å². The summed E-state index contributed by atoms with van der Waals surface area (Å²) in [5.74, 6) is -13.3. The molecule has 2 heterocycles. The van der Waals surface area contributed by atoms with Crippen molar-refractivity contribution in [2.75, 3.05) is 26.3 Å². The number of rotatable bonds is 32. The molecular formula is C44H71N13O17. The Labute approximate surface area is 425 Å². The number of aromatic nitrogens is 2. The fourth-order valence-electron chi connectivity index (χ4n) is 7.51. The van der Waals surface area contributed by atoms with Crippen LogP contribution in [-0.4, -0.2) is 198 Å². The average Bonchev–Trinajstić information content (AvgIpc) is 4.04. The van der Waals surface area contributed by atoms with Crippen LogP contribution in [-0.2, 0) is 64.0 Å². The second-order valence-corrected chi connectivity index (χ2v) is 18.5. The lowest BCUT2D eigenvalue weighted by atomic mass is 10.0. The predicted octanol–water partition coefficient (Wildman–Crippen LogP) is -6.94. The fourth-order valence-corrected chi connectivity index (χ4v) is 7.51. The van der Waals surface area contributed by atoms with E-state index in [1.165, 1.54) is 12.5 Å². The van der Waals surface area contributed by atoms with Crippen molar-refractivity contribution in [3.05, 3.63) is 18.2 Å². The van der Waals surface area contributed by atoms with Gasteiger partial charge in [0.15, 0.2) is 0 Å². The number of nitrogens with one attached hydrogen (secondary N) is 9. The Morgan fingerprint density at radius 3 is 1.78 bits per heavy atom. The molecule has 74 heavy (non-hydrogen) atoms. The molecule has 1 aromatic rings. The summed E-state index contributed by atoms with van der Waals surface area (Å²) in [6.07, 6.45) is -1.07. The van der Waals surface area contributed by atoms with Crippen LogP contribution in [0.4, 0.5) is 0 Å². The quantitative estimate of drug-likeness (QED) is 0.0319. The van der Waals surface area contributed by atoms with Gasteiger partial charge in [-0.15, -0.1) is 0 Å². The Morgan fingerprint density at radius 1 is 0.689 bits per heavy atom. The van der Waals surface area contributed by atoms with Crippen molar-refractivity contribution < 1.29 is 83.1 Å². The number of hydrogen-bond acceptors (Lipinski definition) is 17. The summed E-state index contributed by atoms with van der Waals surface area (Å²) >= 11 is 0. The van der Waals surface area contributed by atoms with E-state index >= 15 is 0 Å². The minimum atomic E-state index is -1.88. The Balaban J connectivity index is 2.36. The van der Waals surface area contributed by atoms with Crippen molar-refractivity contribution >= 4 is 71.0 Å². The van der Waals surface area contributed by atoms with Crippen LogP contribution in [0.3, 0.4) is 0 Å². The highest BCUT2D eigenvalue weighted by Gasteiger charge is 2.41. The first-order valence-corrected chi connectivity index (χ1v) is 23.7. The van der Waals surface area contributed by atoms with Crippen LogP contribution in [0, 0.1) is 11.8 Å². The number of carbonyl (C=O) groups excluding carboxylic acids is 10. The minimum Gasteiger partial charge on any atom is -0.481 e. The van der Waals surface area contributed by atoms with Crippen LogP contribution in [0.2, 0.25) is 0 Å². The monoisotopic (exact) mass is 1050 g/mol. The third-order valence-corrected chi connectivity index (χ3v) is 11.3. The lowest BCUT2D eigenvalue weighted by Crippen LogP contribution is -2.62. The highest BCUT2D eigenvalue weighted by molar-refractivity contribution is 5.99. The number of carbonyl (C=O) groups is 12. The molecule has 0 bridgehead atoms. The number of aliphatic hydroxyl groups is 3. The number of nitrogens with zero attached hydrogens (tertiary/aromatic N) is 2. The van der Waals surface area contributed by atoms with Gasteiger partial charge in [0.1, 0.15) is 60.9 Å². The van der Waals surface area contributed by atoms with Gasteiger partial charge in [-0.2, -0.15) is 0 Å². The number of carboxylic acid groups (broad SMARTS) is 2. The van der Waals surface area contributed by atoms with Crippen LogP contribution in [0.1, 0.15) is 85.3 Å². The summed E-state index contributed by atoms with van der Waals surface area (Å²) in [7, 11) is 0. The zero-order chi connectivity index (χ0) is 56.0. The molecule has 2 rings (SSSR count). The zero-order valence-electron chi connectivity index (χ0n) is 41.8. The molecule has 18 N–H and O–H groups in total. The largest absolute Gasteiger partial charge is 0.481 e. The highest BCUT2D eigenvalue weighted by atomic mass is 16.4. The zero-order valence-corrected chi connectivity index (χ0v) is 41.8. The molecule has 1 saturated heterocycles. The van der Waals surface area contributed by atoms with E-state index in [9.17, 15) is 78.0 Å². The Hall–Kier alpha value is -7.31. The van der Waals surface area contributed by atoms with Gasteiger partial charge in [-0.3, -0.25) is 57.5 Å². The van der Waals surface area contributed by atoms with Gasteiger partial charge in [0.05, 0.1) is 32.1 Å². The molecule has 414 valence electrons. The van der Waals surface area contributed by atoms with Crippen molar-refractivity contribution in [3.8, 4) is 0 Å². The van der Waals surface area contributed by atoms with Gasteiger partial charge in [0.2, 0.25) is 59.1 Å². The number of H-pyrrole nitrogens is 1. The van der Waals surface area contributed by atoms with Crippen molar-refractivity contribution in [3.63, 3.8) is 0 Å². The van der Waals surface area contributed by atoms with E-state index in [0.29, 0.717) is 0 Å². The lowest BCUT2D eigenvalue weighted by Gasteiger charge is -2.31. The van der Waals surface area contributed by atoms with Gasteiger partial charge < -0.3 is 89.4 Å². The maximum absolute atomic E-state index is 14.1. The van der Waals surface area contributed by atoms with Crippen molar-refractivity contribution in [1.82, 2.24) is 57.4 Å². The SMILES string of the molecule is CC(C)C[C@H](NC(=O)[C@H](CO)NC(=O)[C@H](Cc1cnc[nH]1)NC(=O)[C@@H](NC(=O)[C@H](CCC(N)=O)NC(=O)[C@@H]1CCCN1C(=O)[C@H](CC(C)C)NC(=O)[C@H](CC(=O)O)NC(=O)[C@@H](N)CO)[C@@H](C)O)C(=O)NCC(=O)O. The van der Waals surface area contributed by atoms with Crippen molar-refractivity contribution in [2.24, 2.45) is 23.3 Å². The second kappa shape index (κ2) is 30.7. The van der Waals surface area contributed by atoms with E-state index in [0.717, 1.165) is 11.8 Å². The summed E-state index contributed by atoms with van der Waals surface area (Å²) in [6, 6.07) is -14.0. The van der Waals surface area contributed by atoms with E-state index < -0.39 is 171 Å². The van der Waals surface area contributed by atoms with E-state index in [2.05, 4.69) is 52.5 Å². The smallest absolute Gasteiger partial charge is 0.322 e. The Morgan fingerprint density at radius 2 is 1.24 bits per heavy atom. The molecule has 30 nitrogen and oxygen atoms in total. The summed E-state index contributed by atoms with van der Waals surface area (Å²) in [5, 5.41) is 67.1. The molecule has 0 unspecified atom stereocenters. The molecule has 0 aromatic carbocycles. The number of aliphatic hydroxyl groups excluding tert-OH is 3. The van der Waals surface area contributed by atoms with Crippen LogP contribution in [0.15, 0.2) is 12.5 Å². The molecule has 30 heteroatoms. The van der Waals surface area contributed by atoms with Gasteiger partial charge >= 0.3 is 11.9 Å². The van der Waals surface area contributed by atoms with Gasteiger partial charge in [-0.05, 0) is 50.9 Å². The summed E-state index contributed by atoms with van der Waals surface area (Å²) < 4.78 is 0. The number of aliphatic carboxylic acids is 2. The molecule has 1 aliphatic rings. The van der Waals surface area contributed by atoms with Crippen molar-refractivity contribution in [1.29, 1.82) is 0 Å². The molecule has 0 spiro atoms. The number of imidazole rings is 1. The van der Waals surface area contributed by atoms with Gasteiger partial charge in [-0.1, -0.05) is 27.7 Å². The van der Waals surface area contributed by atoms with E-state index in [1.54, 1.807) is 27.7 Å². The standard InChI is InChI=1S/C44H71N13O17/c1-20(2)11-26(37(67)48-16-34(64)65)52-41(71)30(18-59)55-39(69)27(13-23-15-47-19-49-23)53-43(73)35(22(5)60)56-38(68)25(8-9-32(46)61)50-42(72)31-7-6-10-57(31)44(74)29(12-21(3)4)54-40(70)28(14-33(62)63)51-36(66)24(45)17-58/h15,19-22,24-31,35,58-60H,6-14,16-18,45H2,1-5H3,(H2,46,61)(H,47,49)(H,48,67)(H,50,72)(H,51,66)(H,52,71)(H,53,73)(H,54,70)(H,55,69)(H,56,68)(H,62,63)(H,64,65)/t22-,24+,25+,26+,27+,28+,29+,30+,31+,35+/m1/s1. The first-order chi connectivity index (χ1) is 34.7. The van der Waals surface area contributed by atoms with Crippen molar-refractivity contribution in [2.45, 2.75) is 146 Å². The average molecular weight is 1050 g/mol. The third-order valence-electron chi connectivity index (χ3n) is 11.3. The number of amides is 10. The molecule has 0 aliphatic carbocycles. The van der Waals surface area contributed by atoms with E-state index in [4.69, 9.17) is 16.6 Å². The lowest BCUT2D eigenvalue weighted by molar-refractivity contribution is -0.144. The molecule has 10 amide bonds. The van der Waals surface area contributed by atoms with E-state index in [1.807, 2.05) is 0 Å². The maximum atomic E-state index is 14.1. The van der Waals surface area contributed by atoms with Crippen LogP contribution in [0.5, 0.6) is 0 Å². The number of likely N-dealkylation sites (tertiary alicyclic amines) is 1. The molecule has 1 aromatic heterocycles. The Bertz CT molecular complexity index is 2140. The number of nitrogens with two attached hydrogens (primary N) is 2. The van der Waals surface area contributed by atoms with Crippen LogP contribution in [0.25, 0.3) is 0 Å². The van der Waals surface area contributed by atoms with Crippen LogP contribution < -0.4 is 54.0 Å². The first kappa shape index (κ1) is 62.8. The third kappa shape index (κ3) is 21.0. The topological polar surface area (TPSA) is 486 Å². The second-order valence-electron chi connectivity index (χ2n) is 18.5. The molecular weight excluding hydrogens is 983 g/mol. The fraction of sp³-hybridized carbons (Fsp3) is 0.659. The molecule has 10 atom stereocenters. The highest BCUT2D eigenvalue weighted by Crippen LogP contribution is 2.21.